The van der Waals surface area contributed by atoms with Gasteiger partial charge < -0.3 is 10.2 Å². The van der Waals surface area contributed by atoms with Crippen molar-refractivity contribution in [3.8, 4) is 11.4 Å². The molecule has 3 heterocycles. The Morgan fingerprint density at radius 2 is 1.88 bits per heavy atom. The molecule has 1 N–H and O–H groups in total. The maximum Gasteiger partial charge on any atom is 0.251 e. The summed E-state index contributed by atoms with van der Waals surface area (Å²) in [6.45, 7) is 5.81. The van der Waals surface area contributed by atoms with Gasteiger partial charge in [-0.15, -0.1) is 0 Å². The number of aryl methyl sites for hydroxylation is 1. The fourth-order valence-corrected chi connectivity index (χ4v) is 4.96. The molecule has 1 aliphatic heterocycles. The van der Waals surface area contributed by atoms with Crippen molar-refractivity contribution in [2.24, 2.45) is 0 Å². The lowest BCUT2D eigenvalue weighted by Crippen LogP contribution is -2.51. The summed E-state index contributed by atoms with van der Waals surface area (Å²) in [6, 6.07) is 5.85. The Bertz CT molecular complexity index is 1180. The number of hydrogen-bond donors (Lipinski definition) is 1. The van der Waals surface area contributed by atoms with Gasteiger partial charge >= 0.3 is 0 Å². The number of rotatable bonds is 5. The van der Waals surface area contributed by atoms with E-state index in [1.807, 2.05) is 0 Å². The van der Waals surface area contributed by atoms with Crippen LogP contribution in [0.15, 0.2) is 36.9 Å². The molecule has 9 nitrogen and oxygen atoms in total. The summed E-state index contributed by atoms with van der Waals surface area (Å²) in [5.41, 5.74) is 2.41. The predicted molar refractivity (Wildman–Crippen MR) is 122 cm³/mol. The highest BCUT2D eigenvalue weighted by atomic mass is 35.5. The minimum atomic E-state index is -3.56. The van der Waals surface area contributed by atoms with Gasteiger partial charge in [0.2, 0.25) is 15.9 Å². The van der Waals surface area contributed by atoms with Crippen LogP contribution in [0.4, 0.5) is 0 Å². The van der Waals surface area contributed by atoms with Gasteiger partial charge in [0, 0.05) is 37.9 Å². The fourth-order valence-electron chi connectivity index (χ4n) is 3.68. The number of halogens is 1. The van der Waals surface area contributed by atoms with Crippen LogP contribution < -0.4 is 5.32 Å². The molecule has 170 valence electrons. The highest BCUT2D eigenvalue weighted by Crippen LogP contribution is 2.32. The number of pyridine rings is 2. The Balaban J connectivity index is 2.10. The molecular formula is C21H24ClN5O4S. The minimum Gasteiger partial charge on any atom is -0.355 e. The molecule has 1 atom stereocenters. The Kier molecular flexibility index (Phi) is 6.97. The maximum atomic E-state index is 12.5. The van der Waals surface area contributed by atoms with Gasteiger partial charge in [0.05, 0.1) is 23.7 Å². The quantitative estimate of drug-likeness (QED) is 0.519. The van der Waals surface area contributed by atoms with Crippen LogP contribution in [0.5, 0.6) is 0 Å². The van der Waals surface area contributed by atoms with E-state index in [-0.39, 0.29) is 36.6 Å². The number of sulfonamides is 1. The third-order valence-electron chi connectivity index (χ3n) is 5.15. The van der Waals surface area contributed by atoms with Gasteiger partial charge in [-0.3, -0.25) is 14.6 Å². The van der Waals surface area contributed by atoms with E-state index in [1.54, 1.807) is 36.1 Å². The standard InChI is InChI=1S/C21H24ClN5O4S/c1-5-20(28)26-6-7-27(32(4,30)31)18(12-26)14-9-17(25-19(22)11-14)16-10-15(21(29)23-3)8-13(2)24-16/h5,8-11,18H,1,6-7,12H2,2-4H3,(H,23,29)/t18-/m0/s1. The molecule has 1 fully saturated rings. The van der Waals surface area contributed by atoms with Crippen LogP contribution in [0.2, 0.25) is 5.15 Å². The molecule has 0 aromatic carbocycles. The van der Waals surface area contributed by atoms with Crippen LogP contribution in [-0.4, -0.2) is 72.3 Å². The number of nitrogens with one attached hydrogen (secondary N) is 1. The summed E-state index contributed by atoms with van der Waals surface area (Å²) in [5, 5.41) is 2.71. The van der Waals surface area contributed by atoms with Crippen molar-refractivity contribution < 1.29 is 18.0 Å². The third kappa shape index (κ3) is 5.14. The second-order valence-electron chi connectivity index (χ2n) is 7.45. The highest BCUT2D eigenvalue weighted by molar-refractivity contribution is 7.88. The number of aromatic nitrogens is 2. The number of carbonyl (C=O) groups is 2. The van der Waals surface area contributed by atoms with Crippen LogP contribution in [0.3, 0.4) is 0 Å². The Labute approximate surface area is 192 Å². The first kappa shape index (κ1) is 23.8. The predicted octanol–water partition coefficient (Wildman–Crippen LogP) is 1.80. The average Bonchev–Trinajstić information content (AvgIpc) is 2.76. The van der Waals surface area contributed by atoms with Crippen LogP contribution >= 0.6 is 11.6 Å². The molecule has 0 saturated carbocycles. The summed E-state index contributed by atoms with van der Waals surface area (Å²) in [4.78, 5) is 34.6. The summed E-state index contributed by atoms with van der Waals surface area (Å²) >= 11 is 6.29. The summed E-state index contributed by atoms with van der Waals surface area (Å²) in [6.07, 6.45) is 2.33. The van der Waals surface area contributed by atoms with E-state index in [2.05, 4.69) is 21.9 Å². The zero-order chi connectivity index (χ0) is 23.6. The molecule has 0 spiro atoms. The van der Waals surface area contributed by atoms with Gasteiger partial charge in [0.1, 0.15) is 5.15 Å². The second-order valence-corrected chi connectivity index (χ2v) is 9.77. The van der Waals surface area contributed by atoms with Gasteiger partial charge in [-0.25, -0.2) is 13.4 Å². The van der Waals surface area contributed by atoms with Crippen molar-refractivity contribution >= 4 is 33.4 Å². The van der Waals surface area contributed by atoms with E-state index < -0.39 is 16.1 Å². The lowest BCUT2D eigenvalue weighted by Gasteiger charge is -2.40. The molecule has 0 radical (unpaired) electrons. The molecule has 11 heteroatoms. The first-order valence-corrected chi connectivity index (χ1v) is 12.0. The molecule has 2 aromatic rings. The monoisotopic (exact) mass is 477 g/mol. The van der Waals surface area contributed by atoms with Crippen LogP contribution in [-0.2, 0) is 14.8 Å². The van der Waals surface area contributed by atoms with Crippen molar-refractivity contribution in [3.63, 3.8) is 0 Å². The van der Waals surface area contributed by atoms with Crippen molar-refractivity contribution in [3.05, 3.63) is 58.9 Å². The number of carbonyl (C=O) groups excluding carboxylic acids is 2. The van der Waals surface area contributed by atoms with Crippen LogP contribution in [0.1, 0.15) is 27.7 Å². The molecular weight excluding hydrogens is 454 g/mol. The zero-order valence-corrected chi connectivity index (χ0v) is 19.6. The highest BCUT2D eigenvalue weighted by Gasteiger charge is 2.35. The molecule has 2 amide bonds. The fraction of sp³-hybridized carbons (Fsp3) is 0.333. The Morgan fingerprint density at radius 1 is 1.19 bits per heavy atom. The van der Waals surface area contributed by atoms with Gasteiger partial charge in [-0.1, -0.05) is 18.2 Å². The number of nitrogens with zero attached hydrogens (tertiary/aromatic N) is 4. The van der Waals surface area contributed by atoms with Gasteiger partial charge in [0.15, 0.2) is 0 Å². The van der Waals surface area contributed by atoms with Crippen molar-refractivity contribution in [2.45, 2.75) is 13.0 Å². The number of hydrogen-bond acceptors (Lipinski definition) is 6. The molecule has 1 aliphatic rings. The van der Waals surface area contributed by atoms with Gasteiger partial charge in [0.25, 0.3) is 5.91 Å². The van der Waals surface area contributed by atoms with Gasteiger partial charge in [-0.05, 0) is 42.8 Å². The summed E-state index contributed by atoms with van der Waals surface area (Å²) < 4.78 is 26.2. The van der Waals surface area contributed by atoms with E-state index >= 15 is 0 Å². The number of piperazine rings is 1. The zero-order valence-electron chi connectivity index (χ0n) is 18.0. The summed E-state index contributed by atoms with van der Waals surface area (Å²) in [7, 11) is -2.03. The van der Waals surface area contributed by atoms with E-state index in [0.717, 1.165) is 6.26 Å². The molecule has 3 rings (SSSR count). The van der Waals surface area contributed by atoms with Crippen LogP contribution in [0, 0.1) is 6.92 Å². The molecule has 2 aromatic heterocycles. The normalized spacial score (nSPS) is 17.1. The lowest BCUT2D eigenvalue weighted by molar-refractivity contribution is -0.128. The minimum absolute atomic E-state index is 0.141. The Hall–Kier alpha value is -2.82. The Morgan fingerprint density at radius 3 is 2.50 bits per heavy atom. The lowest BCUT2D eigenvalue weighted by atomic mass is 10.0. The SMILES string of the molecule is C=CC(=O)N1CCN(S(C)(=O)=O)[C@H](c2cc(Cl)nc(-c3cc(C(=O)NC)cc(C)n3)c2)C1. The van der Waals surface area contributed by atoms with Crippen LogP contribution in [0.25, 0.3) is 11.4 Å². The first-order chi connectivity index (χ1) is 15.0. The van der Waals surface area contributed by atoms with Crippen molar-refractivity contribution in [2.75, 3.05) is 32.9 Å². The second kappa shape index (κ2) is 9.35. The van der Waals surface area contributed by atoms with Crippen molar-refractivity contribution in [1.82, 2.24) is 24.5 Å². The maximum absolute atomic E-state index is 12.5. The largest absolute Gasteiger partial charge is 0.355 e. The van der Waals surface area contributed by atoms with E-state index in [1.165, 1.54) is 17.4 Å². The first-order valence-electron chi connectivity index (χ1n) is 9.80. The third-order valence-corrected chi connectivity index (χ3v) is 6.63. The molecule has 0 bridgehead atoms. The molecule has 0 unspecified atom stereocenters. The average molecular weight is 478 g/mol. The van der Waals surface area contributed by atoms with E-state index in [0.29, 0.717) is 28.2 Å². The van der Waals surface area contributed by atoms with E-state index in [4.69, 9.17) is 11.6 Å². The molecule has 32 heavy (non-hydrogen) atoms. The van der Waals surface area contributed by atoms with Gasteiger partial charge in [-0.2, -0.15) is 4.31 Å². The van der Waals surface area contributed by atoms with Crippen molar-refractivity contribution in [1.29, 1.82) is 0 Å². The van der Waals surface area contributed by atoms with E-state index in [9.17, 15) is 18.0 Å². The topological polar surface area (TPSA) is 113 Å². The molecule has 0 aliphatic carbocycles. The number of amides is 2. The summed E-state index contributed by atoms with van der Waals surface area (Å²) in [5.74, 6) is -0.549. The molecule has 1 saturated heterocycles. The smallest absolute Gasteiger partial charge is 0.251 e.